The summed E-state index contributed by atoms with van der Waals surface area (Å²) < 4.78 is 13.3. The minimum atomic E-state index is -0.319. The lowest BCUT2D eigenvalue weighted by molar-refractivity contribution is 0.0919. The number of piperidine rings is 1. The van der Waals surface area contributed by atoms with Crippen molar-refractivity contribution in [3.63, 3.8) is 0 Å². The van der Waals surface area contributed by atoms with Gasteiger partial charge in [-0.05, 0) is 57.4 Å². The van der Waals surface area contributed by atoms with Crippen LogP contribution in [0, 0.1) is 18.7 Å². The summed E-state index contributed by atoms with van der Waals surface area (Å²) in [7, 11) is 0. The number of hydrogen-bond donors (Lipinski definition) is 1. The van der Waals surface area contributed by atoms with Crippen molar-refractivity contribution in [2.75, 3.05) is 19.6 Å². The lowest BCUT2D eigenvalue weighted by Gasteiger charge is -2.32. The van der Waals surface area contributed by atoms with Gasteiger partial charge >= 0.3 is 0 Å². The molecule has 1 amide bonds. The Morgan fingerprint density at radius 2 is 2.24 bits per heavy atom. The molecule has 0 spiro atoms. The monoisotopic (exact) mass is 343 g/mol. The normalized spacial score (nSPS) is 19.8. The summed E-state index contributed by atoms with van der Waals surface area (Å²) >= 11 is 0. The van der Waals surface area contributed by atoms with Gasteiger partial charge in [-0.2, -0.15) is 0 Å². The molecule has 134 valence electrons. The third kappa shape index (κ3) is 4.34. The molecule has 4 nitrogen and oxygen atoms in total. The van der Waals surface area contributed by atoms with E-state index in [9.17, 15) is 9.18 Å². The van der Waals surface area contributed by atoms with Gasteiger partial charge in [0, 0.05) is 30.6 Å². The van der Waals surface area contributed by atoms with Gasteiger partial charge in [0.1, 0.15) is 5.82 Å². The number of carbonyl (C=O) groups excluding carboxylic acids is 1. The molecule has 2 aromatic rings. The molecular formula is C20H26FN3O. The molecule has 3 rings (SSSR count). The topological polar surface area (TPSA) is 45.2 Å². The van der Waals surface area contributed by atoms with Crippen molar-refractivity contribution in [1.29, 1.82) is 0 Å². The van der Waals surface area contributed by atoms with Crippen molar-refractivity contribution in [3.05, 3.63) is 41.3 Å². The Bertz CT molecular complexity index is 777. The zero-order chi connectivity index (χ0) is 18.0. The van der Waals surface area contributed by atoms with Crippen LogP contribution in [0.1, 0.15) is 42.7 Å². The third-order valence-corrected chi connectivity index (χ3v) is 4.87. The first-order valence-corrected chi connectivity index (χ1v) is 9.02. The number of fused-ring (bicyclic) bond motifs is 1. The van der Waals surface area contributed by atoms with Gasteiger partial charge in [-0.15, -0.1) is 0 Å². The van der Waals surface area contributed by atoms with E-state index in [1.165, 1.54) is 25.0 Å². The molecule has 1 aliphatic heterocycles. The van der Waals surface area contributed by atoms with Gasteiger partial charge in [-0.3, -0.25) is 9.78 Å². The average Bonchev–Trinajstić information content (AvgIpc) is 2.53. The van der Waals surface area contributed by atoms with Crippen LogP contribution in [0.2, 0.25) is 0 Å². The van der Waals surface area contributed by atoms with Crippen LogP contribution in [0.15, 0.2) is 24.3 Å². The number of hydrogen-bond acceptors (Lipinski definition) is 3. The van der Waals surface area contributed by atoms with E-state index in [4.69, 9.17) is 0 Å². The fourth-order valence-electron chi connectivity index (χ4n) is 3.65. The minimum absolute atomic E-state index is 0.0705. The lowest BCUT2D eigenvalue weighted by Crippen LogP contribution is -2.45. The Morgan fingerprint density at radius 3 is 3.00 bits per heavy atom. The van der Waals surface area contributed by atoms with Crippen LogP contribution in [0.25, 0.3) is 10.9 Å². The second kappa shape index (κ2) is 7.48. The molecule has 1 aliphatic rings. The Kier molecular flexibility index (Phi) is 5.33. The summed E-state index contributed by atoms with van der Waals surface area (Å²) in [5, 5.41) is 3.85. The number of benzene rings is 1. The highest BCUT2D eigenvalue weighted by Gasteiger charge is 2.20. The van der Waals surface area contributed by atoms with E-state index in [0.29, 0.717) is 16.8 Å². The highest BCUT2D eigenvalue weighted by molar-refractivity contribution is 5.98. The molecule has 25 heavy (non-hydrogen) atoms. The van der Waals surface area contributed by atoms with E-state index in [1.807, 2.05) is 6.92 Å². The summed E-state index contributed by atoms with van der Waals surface area (Å²) in [6.07, 6.45) is 2.52. The standard InChI is InChI=1S/C20H26FN3O/c1-13-5-4-8-24(11-13)12-14(2)22-20(25)18-9-16-6-7-17(21)10-19(16)23-15(18)3/h6-7,9-10,13-14H,4-5,8,11-12H2,1-3H3,(H,22,25). The predicted octanol–water partition coefficient (Wildman–Crippen LogP) is 3.53. The van der Waals surface area contributed by atoms with E-state index < -0.39 is 0 Å². The van der Waals surface area contributed by atoms with Gasteiger partial charge < -0.3 is 10.2 Å². The van der Waals surface area contributed by atoms with E-state index in [1.54, 1.807) is 19.1 Å². The highest BCUT2D eigenvalue weighted by atomic mass is 19.1. The number of amides is 1. The molecule has 1 saturated heterocycles. The third-order valence-electron chi connectivity index (χ3n) is 4.87. The minimum Gasteiger partial charge on any atom is -0.348 e. The maximum absolute atomic E-state index is 13.3. The van der Waals surface area contributed by atoms with Crippen LogP contribution in [-0.4, -0.2) is 41.5 Å². The van der Waals surface area contributed by atoms with Gasteiger partial charge in [0.25, 0.3) is 5.91 Å². The average molecular weight is 343 g/mol. The van der Waals surface area contributed by atoms with Crippen LogP contribution >= 0.6 is 0 Å². The van der Waals surface area contributed by atoms with Gasteiger partial charge in [0.15, 0.2) is 0 Å². The lowest BCUT2D eigenvalue weighted by atomic mass is 10.00. The van der Waals surface area contributed by atoms with Crippen LogP contribution in [0.4, 0.5) is 4.39 Å². The molecule has 2 heterocycles. The first-order valence-electron chi connectivity index (χ1n) is 9.02. The van der Waals surface area contributed by atoms with Crippen LogP contribution < -0.4 is 5.32 Å². The van der Waals surface area contributed by atoms with E-state index in [-0.39, 0.29) is 17.8 Å². The van der Waals surface area contributed by atoms with Crippen molar-refractivity contribution in [2.45, 2.75) is 39.7 Å². The van der Waals surface area contributed by atoms with Gasteiger partial charge in [-0.25, -0.2) is 4.39 Å². The van der Waals surface area contributed by atoms with Crippen molar-refractivity contribution in [2.24, 2.45) is 5.92 Å². The molecular weight excluding hydrogens is 317 g/mol. The second-order valence-corrected chi connectivity index (χ2v) is 7.34. The maximum Gasteiger partial charge on any atom is 0.253 e. The number of rotatable bonds is 4. The van der Waals surface area contributed by atoms with Crippen LogP contribution in [0.5, 0.6) is 0 Å². The zero-order valence-corrected chi connectivity index (χ0v) is 15.2. The van der Waals surface area contributed by atoms with Crippen molar-refractivity contribution >= 4 is 16.8 Å². The molecule has 1 aromatic heterocycles. The molecule has 1 aromatic carbocycles. The van der Waals surface area contributed by atoms with Gasteiger partial charge in [0.2, 0.25) is 0 Å². The van der Waals surface area contributed by atoms with Gasteiger partial charge in [-0.1, -0.05) is 6.92 Å². The number of nitrogens with zero attached hydrogens (tertiary/aromatic N) is 2. The van der Waals surface area contributed by atoms with E-state index in [2.05, 4.69) is 22.1 Å². The van der Waals surface area contributed by atoms with Crippen LogP contribution in [-0.2, 0) is 0 Å². The number of pyridine rings is 1. The predicted molar refractivity (Wildman–Crippen MR) is 98.2 cm³/mol. The summed E-state index contributed by atoms with van der Waals surface area (Å²) in [5.41, 5.74) is 1.75. The summed E-state index contributed by atoms with van der Waals surface area (Å²) in [4.78, 5) is 19.5. The fourth-order valence-corrected chi connectivity index (χ4v) is 3.65. The summed E-state index contributed by atoms with van der Waals surface area (Å²) in [6, 6.07) is 6.31. The quantitative estimate of drug-likeness (QED) is 0.924. The number of aryl methyl sites for hydroxylation is 1. The number of aromatic nitrogens is 1. The largest absolute Gasteiger partial charge is 0.348 e. The fraction of sp³-hybridized carbons (Fsp3) is 0.500. The van der Waals surface area contributed by atoms with E-state index >= 15 is 0 Å². The number of carbonyl (C=O) groups is 1. The smallest absolute Gasteiger partial charge is 0.253 e. The van der Waals surface area contributed by atoms with Crippen molar-refractivity contribution in [1.82, 2.24) is 15.2 Å². The molecule has 2 unspecified atom stereocenters. The number of halogens is 1. The van der Waals surface area contributed by atoms with Crippen LogP contribution in [0.3, 0.4) is 0 Å². The Morgan fingerprint density at radius 1 is 1.44 bits per heavy atom. The Balaban J connectivity index is 1.69. The summed E-state index contributed by atoms with van der Waals surface area (Å²) in [6.45, 7) is 9.17. The first kappa shape index (κ1) is 17.8. The van der Waals surface area contributed by atoms with Crippen molar-refractivity contribution in [3.8, 4) is 0 Å². The van der Waals surface area contributed by atoms with Gasteiger partial charge in [0.05, 0.1) is 16.8 Å². The first-order chi connectivity index (χ1) is 11.9. The molecule has 5 heteroatoms. The summed E-state index contributed by atoms with van der Waals surface area (Å²) in [5.74, 6) is 0.291. The Labute approximate surface area is 148 Å². The number of nitrogens with one attached hydrogen (secondary N) is 1. The molecule has 0 bridgehead atoms. The molecule has 0 aliphatic carbocycles. The molecule has 1 N–H and O–H groups in total. The second-order valence-electron chi connectivity index (χ2n) is 7.34. The maximum atomic E-state index is 13.3. The molecule has 1 fully saturated rings. The highest BCUT2D eigenvalue weighted by Crippen LogP contribution is 2.18. The Hall–Kier alpha value is -2.01. The SMILES string of the molecule is Cc1nc2cc(F)ccc2cc1C(=O)NC(C)CN1CCCC(C)C1. The van der Waals surface area contributed by atoms with E-state index in [0.717, 1.165) is 30.9 Å². The molecule has 2 atom stereocenters. The molecule has 0 radical (unpaired) electrons. The van der Waals surface area contributed by atoms with Crippen molar-refractivity contribution < 1.29 is 9.18 Å². The zero-order valence-electron chi connectivity index (χ0n) is 15.2. The number of likely N-dealkylation sites (tertiary alicyclic amines) is 1. The molecule has 0 saturated carbocycles.